The topological polar surface area (TPSA) is 38.1 Å². The summed E-state index contributed by atoms with van der Waals surface area (Å²) in [7, 11) is 0. The Hall–Kier alpha value is -2.95. The highest BCUT2D eigenvalue weighted by atomic mass is 19.1. The largest absolute Gasteiger partial charge is 0.337 e. The molecule has 0 N–H and O–H groups in total. The summed E-state index contributed by atoms with van der Waals surface area (Å²) in [6.45, 7) is 9.50. The van der Waals surface area contributed by atoms with Gasteiger partial charge in [-0.3, -0.25) is 4.79 Å². The molecular weight excluding hydrogens is 365 g/mol. The van der Waals surface area contributed by atoms with Gasteiger partial charge in [-0.05, 0) is 56.5 Å². The quantitative estimate of drug-likeness (QED) is 0.527. The van der Waals surface area contributed by atoms with Gasteiger partial charge in [0.05, 0.1) is 11.4 Å². The van der Waals surface area contributed by atoms with Crippen LogP contribution in [-0.4, -0.2) is 33.7 Å². The average molecular weight is 394 g/mol. The second-order valence-electron chi connectivity index (χ2n) is 7.39. The number of hydrogen-bond acceptors (Lipinski definition) is 2. The monoisotopic (exact) mass is 393 g/mol. The molecule has 0 saturated carbocycles. The number of aryl methyl sites for hydroxylation is 2. The number of rotatable bonds is 7. The molecule has 0 atom stereocenters. The molecule has 0 aliphatic rings. The molecule has 0 aliphatic carbocycles. The molecule has 3 aromatic rings. The van der Waals surface area contributed by atoms with Gasteiger partial charge in [0.2, 0.25) is 0 Å². The third-order valence-corrected chi connectivity index (χ3v) is 4.93. The van der Waals surface area contributed by atoms with Gasteiger partial charge in [0.1, 0.15) is 11.5 Å². The summed E-state index contributed by atoms with van der Waals surface area (Å²) in [5, 5.41) is 4.65. The number of halogens is 1. The minimum absolute atomic E-state index is 0.0798. The second kappa shape index (κ2) is 9.03. The van der Waals surface area contributed by atoms with Crippen LogP contribution < -0.4 is 0 Å². The molecule has 1 aromatic heterocycles. The Bertz CT molecular complexity index is 1000. The van der Waals surface area contributed by atoms with Crippen molar-refractivity contribution >= 4 is 5.91 Å². The van der Waals surface area contributed by atoms with E-state index in [0.717, 1.165) is 29.7 Å². The smallest absolute Gasteiger partial charge is 0.272 e. The van der Waals surface area contributed by atoms with Crippen molar-refractivity contribution in [3.63, 3.8) is 0 Å². The van der Waals surface area contributed by atoms with Crippen molar-refractivity contribution in [2.75, 3.05) is 13.1 Å². The van der Waals surface area contributed by atoms with Crippen molar-refractivity contribution in [2.24, 2.45) is 0 Å². The molecule has 0 aliphatic heterocycles. The van der Waals surface area contributed by atoms with E-state index in [0.29, 0.717) is 30.0 Å². The Morgan fingerprint density at radius 3 is 2.34 bits per heavy atom. The van der Waals surface area contributed by atoms with E-state index in [1.807, 2.05) is 30.9 Å². The van der Waals surface area contributed by atoms with Gasteiger partial charge >= 0.3 is 0 Å². The summed E-state index contributed by atoms with van der Waals surface area (Å²) in [5.41, 5.74) is 4.28. The summed E-state index contributed by atoms with van der Waals surface area (Å²) in [5.74, 6) is -0.431. The van der Waals surface area contributed by atoms with E-state index in [2.05, 4.69) is 25.0 Å². The Morgan fingerprint density at radius 1 is 1.03 bits per heavy atom. The predicted octanol–water partition coefficient (Wildman–Crippen LogP) is 5.56. The normalized spacial score (nSPS) is 10.9. The van der Waals surface area contributed by atoms with Crippen molar-refractivity contribution in [3.05, 3.63) is 71.2 Å². The van der Waals surface area contributed by atoms with Gasteiger partial charge in [-0.1, -0.05) is 43.7 Å². The Kier molecular flexibility index (Phi) is 6.47. The Labute approximate surface area is 172 Å². The fourth-order valence-electron chi connectivity index (χ4n) is 3.58. The number of carbonyl (C=O) groups is 1. The molecule has 29 heavy (non-hydrogen) atoms. The van der Waals surface area contributed by atoms with E-state index < -0.39 is 0 Å². The number of benzene rings is 2. The lowest BCUT2D eigenvalue weighted by atomic mass is 10.1. The van der Waals surface area contributed by atoms with E-state index in [1.54, 1.807) is 28.9 Å². The van der Waals surface area contributed by atoms with Crippen molar-refractivity contribution in [2.45, 2.75) is 40.5 Å². The summed E-state index contributed by atoms with van der Waals surface area (Å²) >= 11 is 0. The molecule has 0 radical (unpaired) electrons. The molecule has 4 nitrogen and oxygen atoms in total. The lowest BCUT2D eigenvalue weighted by Gasteiger charge is -2.22. The average Bonchev–Trinajstić information content (AvgIpc) is 3.12. The van der Waals surface area contributed by atoms with Crippen molar-refractivity contribution < 1.29 is 9.18 Å². The number of carbonyl (C=O) groups excluding carboxylic acids is 1. The molecule has 0 spiro atoms. The maximum atomic E-state index is 14.4. The summed E-state index contributed by atoms with van der Waals surface area (Å²) in [6, 6.07) is 14.2. The number of aromatic nitrogens is 2. The van der Waals surface area contributed by atoms with Gasteiger partial charge in [-0.25, -0.2) is 9.07 Å². The first-order valence-corrected chi connectivity index (χ1v) is 10.2. The van der Waals surface area contributed by atoms with Gasteiger partial charge in [0.25, 0.3) is 5.91 Å². The first-order valence-electron chi connectivity index (χ1n) is 10.2. The van der Waals surface area contributed by atoms with Crippen LogP contribution >= 0.6 is 0 Å². The predicted molar refractivity (Wildman–Crippen MR) is 115 cm³/mol. The fourth-order valence-corrected chi connectivity index (χ4v) is 3.58. The van der Waals surface area contributed by atoms with Gasteiger partial charge in [-0.2, -0.15) is 5.10 Å². The third-order valence-electron chi connectivity index (χ3n) is 4.93. The van der Waals surface area contributed by atoms with Gasteiger partial charge in [-0.15, -0.1) is 0 Å². The highest BCUT2D eigenvalue weighted by Gasteiger charge is 2.23. The molecule has 3 rings (SSSR count). The van der Waals surface area contributed by atoms with Crippen LogP contribution in [0.15, 0.2) is 48.5 Å². The minimum Gasteiger partial charge on any atom is -0.337 e. The maximum Gasteiger partial charge on any atom is 0.272 e. The van der Waals surface area contributed by atoms with Gasteiger partial charge in [0.15, 0.2) is 0 Å². The lowest BCUT2D eigenvalue weighted by molar-refractivity contribution is 0.0746. The standard InChI is InChI=1S/C24H28FN3O/c1-5-13-27(14-6-2)24(29)23-16-21(19-9-7-8-10-20(19)25)26-28(23)22-12-11-17(3)15-18(22)4/h7-12,15-16H,5-6,13-14H2,1-4H3. The van der Waals surface area contributed by atoms with Crippen LogP contribution in [0, 0.1) is 19.7 Å². The van der Waals surface area contributed by atoms with E-state index in [4.69, 9.17) is 0 Å². The van der Waals surface area contributed by atoms with Gasteiger partial charge in [0, 0.05) is 18.7 Å². The summed E-state index contributed by atoms with van der Waals surface area (Å²) in [6.07, 6.45) is 1.76. The summed E-state index contributed by atoms with van der Waals surface area (Å²) < 4.78 is 16.1. The van der Waals surface area contributed by atoms with Crippen LogP contribution in [0.25, 0.3) is 16.9 Å². The molecular formula is C24H28FN3O. The van der Waals surface area contributed by atoms with Gasteiger partial charge < -0.3 is 4.90 Å². The lowest BCUT2D eigenvalue weighted by Crippen LogP contribution is -2.34. The Balaban J connectivity index is 2.17. The molecule has 2 aromatic carbocycles. The summed E-state index contributed by atoms with van der Waals surface area (Å²) in [4.78, 5) is 15.2. The van der Waals surface area contributed by atoms with E-state index in [1.165, 1.54) is 6.07 Å². The van der Waals surface area contributed by atoms with Crippen LogP contribution in [0.5, 0.6) is 0 Å². The Morgan fingerprint density at radius 2 is 1.72 bits per heavy atom. The van der Waals surface area contributed by atoms with E-state index in [-0.39, 0.29) is 11.7 Å². The van der Waals surface area contributed by atoms with E-state index >= 15 is 0 Å². The molecule has 152 valence electrons. The first kappa shape index (κ1) is 20.8. The first-order chi connectivity index (χ1) is 14.0. The highest BCUT2D eigenvalue weighted by Crippen LogP contribution is 2.26. The molecule has 0 fully saturated rings. The van der Waals surface area contributed by atoms with Crippen LogP contribution in [0.4, 0.5) is 4.39 Å². The molecule has 0 saturated heterocycles. The molecule has 1 heterocycles. The van der Waals surface area contributed by atoms with Crippen molar-refractivity contribution in [3.8, 4) is 16.9 Å². The van der Waals surface area contributed by atoms with Crippen LogP contribution in [0.1, 0.15) is 48.3 Å². The fraction of sp³-hybridized carbons (Fsp3) is 0.333. The van der Waals surface area contributed by atoms with Crippen molar-refractivity contribution in [1.82, 2.24) is 14.7 Å². The number of nitrogens with zero attached hydrogens (tertiary/aromatic N) is 3. The molecule has 5 heteroatoms. The zero-order chi connectivity index (χ0) is 21.0. The zero-order valence-electron chi connectivity index (χ0n) is 17.6. The van der Waals surface area contributed by atoms with Crippen molar-refractivity contribution in [1.29, 1.82) is 0 Å². The number of amides is 1. The molecule has 0 bridgehead atoms. The van der Waals surface area contributed by atoms with Crippen LogP contribution in [0.3, 0.4) is 0 Å². The maximum absolute atomic E-state index is 14.4. The molecule has 1 amide bonds. The zero-order valence-corrected chi connectivity index (χ0v) is 17.6. The van der Waals surface area contributed by atoms with Crippen LogP contribution in [0.2, 0.25) is 0 Å². The highest BCUT2D eigenvalue weighted by molar-refractivity contribution is 5.94. The van der Waals surface area contributed by atoms with E-state index in [9.17, 15) is 9.18 Å². The second-order valence-corrected chi connectivity index (χ2v) is 7.39. The van der Waals surface area contributed by atoms with Crippen LogP contribution in [-0.2, 0) is 0 Å². The third kappa shape index (κ3) is 4.39. The molecule has 0 unspecified atom stereocenters. The number of hydrogen-bond donors (Lipinski definition) is 0. The SMILES string of the molecule is CCCN(CCC)C(=O)c1cc(-c2ccccc2F)nn1-c1ccc(C)cc1C. The minimum atomic E-state index is -0.351.